The molecule has 1 amide bonds. The molecule has 0 radical (unpaired) electrons. The van der Waals surface area contributed by atoms with Gasteiger partial charge in [0.05, 0.1) is 23.0 Å². The lowest BCUT2D eigenvalue weighted by Crippen LogP contribution is -2.47. The molecule has 4 rings (SSSR count). The van der Waals surface area contributed by atoms with Crippen LogP contribution in [0.25, 0.3) is 0 Å². The molecule has 0 aliphatic carbocycles. The predicted octanol–water partition coefficient (Wildman–Crippen LogP) is 4.16. The molecule has 0 saturated carbocycles. The van der Waals surface area contributed by atoms with Crippen LogP contribution in [0.1, 0.15) is 37.3 Å². The molecule has 25 heavy (non-hydrogen) atoms. The van der Waals surface area contributed by atoms with Gasteiger partial charge in [-0.25, -0.2) is 0 Å². The van der Waals surface area contributed by atoms with E-state index in [1.54, 1.807) is 18.0 Å². The number of piperidine rings is 1. The van der Waals surface area contributed by atoms with Crippen LogP contribution in [0.5, 0.6) is 0 Å². The molecule has 2 unspecified atom stereocenters. The molecular weight excluding hydrogens is 354 g/mol. The first-order chi connectivity index (χ1) is 12.2. The number of fused-ring (bicyclic) bond motifs is 2. The second-order valence-electron chi connectivity index (χ2n) is 6.93. The summed E-state index contributed by atoms with van der Waals surface area (Å²) in [6.07, 6.45) is 7.81. The van der Waals surface area contributed by atoms with E-state index in [1.165, 1.54) is 5.56 Å². The summed E-state index contributed by atoms with van der Waals surface area (Å²) in [6, 6.07) is 11.4. The van der Waals surface area contributed by atoms with Crippen molar-refractivity contribution in [3.8, 4) is 0 Å². The Labute approximate surface area is 157 Å². The standard InChI is InChI=1S/C19H22ClN3OS/c20-15-10-21-22(11-15)18-8-16-6-7-17(9-18)23(16)19(24)13-25-12-14-4-2-1-3-5-14/h1-5,10-11,16-18H,6-9,12-13H2. The Balaban J connectivity index is 1.33. The highest BCUT2D eigenvalue weighted by Gasteiger charge is 2.43. The van der Waals surface area contributed by atoms with Crippen molar-refractivity contribution < 1.29 is 4.79 Å². The van der Waals surface area contributed by atoms with Crippen molar-refractivity contribution in [2.75, 3.05) is 5.75 Å². The second-order valence-corrected chi connectivity index (χ2v) is 8.35. The fourth-order valence-electron chi connectivity index (χ4n) is 4.19. The number of benzene rings is 1. The first-order valence-corrected chi connectivity index (χ1v) is 10.4. The number of thioether (sulfide) groups is 1. The van der Waals surface area contributed by atoms with E-state index >= 15 is 0 Å². The zero-order valence-corrected chi connectivity index (χ0v) is 15.6. The minimum atomic E-state index is 0.297. The average Bonchev–Trinajstić information content (AvgIpc) is 3.17. The van der Waals surface area contributed by atoms with Crippen molar-refractivity contribution in [2.24, 2.45) is 0 Å². The normalized spacial score (nSPS) is 25.3. The Morgan fingerprint density at radius 3 is 2.52 bits per heavy atom. The third-order valence-corrected chi connectivity index (χ3v) is 6.46. The molecule has 4 nitrogen and oxygen atoms in total. The van der Waals surface area contributed by atoms with Crippen molar-refractivity contribution >= 4 is 29.3 Å². The summed E-state index contributed by atoms with van der Waals surface area (Å²) in [5.41, 5.74) is 1.28. The molecule has 3 heterocycles. The molecule has 2 atom stereocenters. The van der Waals surface area contributed by atoms with E-state index in [0.29, 0.717) is 34.8 Å². The van der Waals surface area contributed by atoms with Crippen LogP contribution >= 0.6 is 23.4 Å². The zero-order valence-electron chi connectivity index (χ0n) is 14.1. The summed E-state index contributed by atoms with van der Waals surface area (Å²) < 4.78 is 1.99. The molecular formula is C19H22ClN3OS. The topological polar surface area (TPSA) is 38.1 Å². The van der Waals surface area contributed by atoms with Gasteiger partial charge in [0, 0.05) is 24.0 Å². The molecule has 132 valence electrons. The molecule has 2 aliphatic rings. The van der Waals surface area contributed by atoms with E-state index in [-0.39, 0.29) is 0 Å². The smallest absolute Gasteiger partial charge is 0.233 e. The van der Waals surface area contributed by atoms with Gasteiger partial charge in [-0.15, -0.1) is 11.8 Å². The maximum Gasteiger partial charge on any atom is 0.233 e. The number of amides is 1. The van der Waals surface area contributed by atoms with Gasteiger partial charge in [-0.05, 0) is 31.2 Å². The zero-order chi connectivity index (χ0) is 17.2. The maximum atomic E-state index is 12.8. The minimum Gasteiger partial charge on any atom is -0.336 e. The van der Waals surface area contributed by atoms with Gasteiger partial charge < -0.3 is 4.90 Å². The van der Waals surface area contributed by atoms with Gasteiger partial charge >= 0.3 is 0 Å². The third kappa shape index (κ3) is 3.72. The quantitative estimate of drug-likeness (QED) is 0.787. The summed E-state index contributed by atoms with van der Waals surface area (Å²) in [5, 5.41) is 5.05. The van der Waals surface area contributed by atoms with Crippen molar-refractivity contribution in [1.29, 1.82) is 0 Å². The Hall–Kier alpha value is -1.46. The van der Waals surface area contributed by atoms with Crippen LogP contribution in [-0.2, 0) is 10.5 Å². The number of aromatic nitrogens is 2. The Bertz CT molecular complexity index is 721. The first-order valence-electron chi connectivity index (χ1n) is 8.83. The van der Waals surface area contributed by atoms with Crippen molar-refractivity contribution in [3.05, 3.63) is 53.3 Å². The molecule has 1 aromatic heterocycles. The number of carbonyl (C=O) groups is 1. The van der Waals surface area contributed by atoms with Gasteiger partial charge in [-0.3, -0.25) is 9.48 Å². The Kier molecular flexibility index (Phi) is 5.04. The largest absolute Gasteiger partial charge is 0.336 e. The number of halogens is 1. The minimum absolute atomic E-state index is 0.297. The molecule has 0 spiro atoms. The lowest BCUT2D eigenvalue weighted by Gasteiger charge is -2.39. The van der Waals surface area contributed by atoms with Crippen molar-refractivity contribution in [1.82, 2.24) is 14.7 Å². The summed E-state index contributed by atoms with van der Waals surface area (Å²) in [7, 11) is 0. The van der Waals surface area contributed by atoms with Gasteiger partial charge in [-0.2, -0.15) is 5.10 Å². The lowest BCUT2D eigenvalue weighted by molar-refractivity contribution is -0.133. The van der Waals surface area contributed by atoms with Gasteiger partial charge in [0.1, 0.15) is 0 Å². The molecule has 2 saturated heterocycles. The third-order valence-electron chi connectivity index (χ3n) is 5.28. The molecule has 6 heteroatoms. The molecule has 0 N–H and O–H groups in total. The van der Waals surface area contributed by atoms with E-state index in [1.807, 2.05) is 29.1 Å². The maximum absolute atomic E-state index is 12.8. The molecule has 2 aromatic rings. The Morgan fingerprint density at radius 2 is 1.88 bits per heavy atom. The monoisotopic (exact) mass is 375 g/mol. The van der Waals surface area contributed by atoms with Crippen molar-refractivity contribution in [2.45, 2.75) is 49.6 Å². The van der Waals surface area contributed by atoms with Crippen LogP contribution in [0.4, 0.5) is 0 Å². The highest BCUT2D eigenvalue weighted by molar-refractivity contribution is 7.99. The van der Waals surface area contributed by atoms with Crippen LogP contribution in [0.15, 0.2) is 42.7 Å². The van der Waals surface area contributed by atoms with Crippen LogP contribution in [0.2, 0.25) is 5.02 Å². The van der Waals surface area contributed by atoms with E-state index in [4.69, 9.17) is 11.6 Å². The summed E-state index contributed by atoms with van der Waals surface area (Å²) >= 11 is 7.72. The van der Waals surface area contributed by atoms with Gasteiger partial charge in [0.15, 0.2) is 0 Å². The molecule has 2 bridgehead atoms. The van der Waals surface area contributed by atoms with E-state index < -0.39 is 0 Å². The molecule has 2 aliphatic heterocycles. The highest BCUT2D eigenvalue weighted by Crippen LogP contribution is 2.41. The summed E-state index contributed by atoms with van der Waals surface area (Å²) in [4.78, 5) is 14.9. The number of rotatable bonds is 5. The lowest BCUT2D eigenvalue weighted by atomic mass is 9.97. The predicted molar refractivity (Wildman–Crippen MR) is 102 cm³/mol. The Morgan fingerprint density at radius 1 is 1.16 bits per heavy atom. The second kappa shape index (κ2) is 7.42. The number of hydrogen-bond acceptors (Lipinski definition) is 3. The highest BCUT2D eigenvalue weighted by atomic mass is 35.5. The number of hydrogen-bond donors (Lipinski definition) is 0. The van der Waals surface area contributed by atoms with E-state index in [2.05, 4.69) is 22.1 Å². The molecule has 2 fully saturated rings. The SMILES string of the molecule is O=C(CSCc1ccccc1)N1C2CCC1CC(n1cc(Cl)cn1)C2. The van der Waals surface area contributed by atoms with Crippen molar-refractivity contribution in [3.63, 3.8) is 0 Å². The van der Waals surface area contributed by atoms with E-state index in [9.17, 15) is 4.79 Å². The van der Waals surface area contributed by atoms with Gasteiger partial charge in [-0.1, -0.05) is 41.9 Å². The van der Waals surface area contributed by atoms with Gasteiger partial charge in [0.2, 0.25) is 5.91 Å². The van der Waals surface area contributed by atoms with Crippen LogP contribution in [0.3, 0.4) is 0 Å². The fourth-order valence-corrected chi connectivity index (χ4v) is 5.19. The van der Waals surface area contributed by atoms with Crippen LogP contribution < -0.4 is 0 Å². The first kappa shape index (κ1) is 17.0. The number of nitrogens with zero attached hydrogens (tertiary/aromatic N) is 3. The number of carbonyl (C=O) groups excluding carboxylic acids is 1. The van der Waals surface area contributed by atoms with Crippen LogP contribution in [0, 0.1) is 0 Å². The fraction of sp³-hybridized carbons (Fsp3) is 0.474. The van der Waals surface area contributed by atoms with Gasteiger partial charge in [0.25, 0.3) is 0 Å². The average molecular weight is 376 g/mol. The molecule has 1 aromatic carbocycles. The summed E-state index contributed by atoms with van der Waals surface area (Å²) in [5.74, 6) is 1.76. The summed E-state index contributed by atoms with van der Waals surface area (Å²) in [6.45, 7) is 0. The van der Waals surface area contributed by atoms with E-state index in [0.717, 1.165) is 31.4 Å². The van der Waals surface area contributed by atoms with Crippen LogP contribution in [-0.4, -0.2) is 38.4 Å².